The van der Waals surface area contributed by atoms with Gasteiger partial charge in [-0.15, -0.1) is 0 Å². The second-order valence-electron chi connectivity index (χ2n) is 7.13. The Labute approximate surface area is 112 Å². The summed E-state index contributed by atoms with van der Waals surface area (Å²) in [5.41, 5.74) is 0. The van der Waals surface area contributed by atoms with E-state index in [9.17, 15) is 0 Å². The first-order valence-corrected chi connectivity index (χ1v) is 13.6. The van der Waals surface area contributed by atoms with Gasteiger partial charge >= 0.3 is 0 Å². The van der Waals surface area contributed by atoms with Gasteiger partial charge in [0, 0.05) is 0 Å². The van der Waals surface area contributed by atoms with E-state index in [0.717, 1.165) is 0 Å². The van der Waals surface area contributed by atoms with Crippen molar-refractivity contribution in [1.82, 2.24) is 0 Å². The predicted molar refractivity (Wildman–Crippen MR) is 75.9 cm³/mol. The second kappa shape index (κ2) is 4.99. The van der Waals surface area contributed by atoms with Crippen molar-refractivity contribution in [3.63, 3.8) is 0 Å². The van der Waals surface area contributed by atoms with Gasteiger partial charge in [-0.25, -0.2) is 0 Å². The zero-order chi connectivity index (χ0) is 13.6. The average Bonchev–Trinajstić information content (AvgIpc) is 2.66. The van der Waals surface area contributed by atoms with Crippen LogP contribution in [0.15, 0.2) is 0 Å². The molecule has 106 valence electrons. The van der Waals surface area contributed by atoms with Crippen molar-refractivity contribution in [1.29, 1.82) is 0 Å². The lowest BCUT2D eigenvalue weighted by Gasteiger charge is -2.26. The summed E-state index contributed by atoms with van der Waals surface area (Å²) in [5, 5.41) is 0. The lowest BCUT2D eigenvalue weighted by molar-refractivity contribution is 0.0135. The summed E-state index contributed by atoms with van der Waals surface area (Å²) in [7, 11) is -3.09. The topological polar surface area (TPSA) is 36.9 Å². The Balaban J connectivity index is 1.95. The van der Waals surface area contributed by atoms with Crippen LogP contribution in [0.5, 0.6) is 0 Å². The molecule has 0 N–H and O–H groups in total. The molecule has 0 spiro atoms. The lowest BCUT2D eigenvalue weighted by Crippen LogP contribution is -2.42. The molecule has 0 aromatic heterocycles. The van der Waals surface area contributed by atoms with Crippen molar-refractivity contribution in [3.05, 3.63) is 0 Å². The summed E-state index contributed by atoms with van der Waals surface area (Å²) in [6.07, 6.45) is 0.324. The highest BCUT2D eigenvalue weighted by molar-refractivity contribution is 6.70. The first-order valence-electron chi connectivity index (χ1n) is 6.74. The van der Waals surface area contributed by atoms with Gasteiger partial charge in [-0.2, -0.15) is 0 Å². The highest BCUT2D eigenvalue weighted by Gasteiger charge is 2.50. The Kier molecular flexibility index (Phi) is 4.07. The molecule has 4 unspecified atom stereocenters. The first-order chi connectivity index (χ1) is 8.16. The van der Waals surface area contributed by atoms with Gasteiger partial charge in [0.25, 0.3) is 0 Å². The maximum absolute atomic E-state index is 6.14. The molecule has 2 heterocycles. The number of rotatable bonds is 4. The van der Waals surface area contributed by atoms with Crippen LogP contribution in [0.25, 0.3) is 0 Å². The van der Waals surface area contributed by atoms with Crippen LogP contribution in [-0.4, -0.2) is 54.3 Å². The quantitative estimate of drug-likeness (QED) is 0.744. The van der Waals surface area contributed by atoms with Crippen LogP contribution in [0.2, 0.25) is 39.3 Å². The van der Waals surface area contributed by atoms with Crippen LogP contribution in [-0.2, 0) is 18.3 Å². The Morgan fingerprint density at radius 2 is 1.06 bits per heavy atom. The number of fused-ring (bicyclic) bond motifs is 1. The van der Waals surface area contributed by atoms with E-state index in [4.69, 9.17) is 18.3 Å². The van der Waals surface area contributed by atoms with E-state index in [-0.39, 0.29) is 24.4 Å². The van der Waals surface area contributed by atoms with Gasteiger partial charge in [0.1, 0.15) is 12.2 Å². The van der Waals surface area contributed by atoms with E-state index in [1.54, 1.807) is 0 Å². The van der Waals surface area contributed by atoms with Crippen LogP contribution in [0.1, 0.15) is 0 Å². The smallest absolute Gasteiger partial charge is 0.184 e. The molecular formula is C12H26O4Si2. The molecule has 0 aromatic rings. The minimum atomic E-state index is -1.54. The third kappa shape index (κ3) is 3.64. The monoisotopic (exact) mass is 290 g/mol. The highest BCUT2D eigenvalue weighted by atomic mass is 28.4. The van der Waals surface area contributed by atoms with Crippen molar-refractivity contribution in [2.45, 2.75) is 63.7 Å². The molecule has 2 aliphatic rings. The Morgan fingerprint density at radius 1 is 0.722 bits per heavy atom. The molecule has 0 aromatic carbocycles. The molecule has 2 saturated heterocycles. The predicted octanol–water partition coefficient (Wildman–Crippen LogP) is 2.22. The normalized spacial score (nSPS) is 37.0. The highest BCUT2D eigenvalue weighted by Crippen LogP contribution is 2.33. The molecule has 18 heavy (non-hydrogen) atoms. The van der Waals surface area contributed by atoms with Crippen molar-refractivity contribution in [3.8, 4) is 0 Å². The van der Waals surface area contributed by atoms with Gasteiger partial charge < -0.3 is 18.3 Å². The summed E-state index contributed by atoms with van der Waals surface area (Å²) in [5.74, 6) is 0. The van der Waals surface area contributed by atoms with Crippen LogP contribution in [0.4, 0.5) is 0 Å². The second-order valence-corrected chi connectivity index (χ2v) is 16.1. The average molecular weight is 291 g/mol. The van der Waals surface area contributed by atoms with Gasteiger partial charge in [-0.1, -0.05) is 0 Å². The maximum Gasteiger partial charge on any atom is 0.184 e. The molecule has 0 radical (unpaired) electrons. The lowest BCUT2D eigenvalue weighted by atomic mass is 10.1. The van der Waals surface area contributed by atoms with Gasteiger partial charge in [-0.05, 0) is 39.3 Å². The minimum Gasteiger partial charge on any atom is -0.410 e. The standard InChI is InChI=1S/C12H26O4Si2/c1-17(2,3)15-9-7-13-12-10(8-14-11(9)12)16-18(4,5)6/h9-12H,7-8H2,1-6H3. The van der Waals surface area contributed by atoms with E-state index in [2.05, 4.69) is 39.3 Å². The van der Waals surface area contributed by atoms with Gasteiger partial charge in [-0.3, -0.25) is 0 Å². The summed E-state index contributed by atoms with van der Waals surface area (Å²) in [6.45, 7) is 14.5. The van der Waals surface area contributed by atoms with E-state index >= 15 is 0 Å². The molecule has 2 fully saturated rings. The fraction of sp³-hybridized carbons (Fsp3) is 1.00. The molecule has 4 atom stereocenters. The summed E-state index contributed by atoms with van der Waals surface area (Å²) in [4.78, 5) is 0. The van der Waals surface area contributed by atoms with Gasteiger partial charge in [0.2, 0.25) is 0 Å². The molecule has 2 aliphatic heterocycles. The molecule has 0 aliphatic carbocycles. The Bertz CT molecular complexity index is 267. The third-order valence-electron chi connectivity index (χ3n) is 2.97. The van der Waals surface area contributed by atoms with E-state index in [1.165, 1.54) is 0 Å². The molecule has 6 heteroatoms. The van der Waals surface area contributed by atoms with Crippen molar-refractivity contribution < 1.29 is 18.3 Å². The number of hydrogen-bond acceptors (Lipinski definition) is 4. The largest absolute Gasteiger partial charge is 0.410 e. The Hall–Kier alpha value is 0.274. The summed E-state index contributed by atoms with van der Waals surface area (Å²) >= 11 is 0. The zero-order valence-electron chi connectivity index (χ0n) is 12.4. The van der Waals surface area contributed by atoms with E-state index in [1.807, 2.05) is 0 Å². The fourth-order valence-electron chi connectivity index (χ4n) is 2.54. The van der Waals surface area contributed by atoms with Crippen LogP contribution in [0.3, 0.4) is 0 Å². The maximum atomic E-state index is 6.14. The molecule has 2 rings (SSSR count). The zero-order valence-corrected chi connectivity index (χ0v) is 14.4. The van der Waals surface area contributed by atoms with Gasteiger partial charge in [0.15, 0.2) is 16.6 Å². The SMILES string of the molecule is C[Si](C)(C)OC1COC2C(O[Si](C)(C)C)COC12. The fourth-order valence-corrected chi connectivity index (χ4v) is 4.76. The van der Waals surface area contributed by atoms with E-state index < -0.39 is 16.6 Å². The van der Waals surface area contributed by atoms with Crippen LogP contribution >= 0.6 is 0 Å². The van der Waals surface area contributed by atoms with Crippen LogP contribution < -0.4 is 0 Å². The molecular weight excluding hydrogens is 264 g/mol. The van der Waals surface area contributed by atoms with Crippen LogP contribution in [0, 0.1) is 0 Å². The Morgan fingerprint density at radius 3 is 1.33 bits per heavy atom. The molecule has 0 bridgehead atoms. The van der Waals surface area contributed by atoms with Gasteiger partial charge in [0.05, 0.1) is 25.4 Å². The number of hydrogen-bond donors (Lipinski definition) is 0. The van der Waals surface area contributed by atoms with Crippen molar-refractivity contribution in [2.24, 2.45) is 0 Å². The van der Waals surface area contributed by atoms with Crippen molar-refractivity contribution in [2.75, 3.05) is 13.2 Å². The molecule has 0 saturated carbocycles. The number of ether oxygens (including phenoxy) is 2. The molecule has 4 nitrogen and oxygen atoms in total. The first kappa shape index (κ1) is 14.7. The summed E-state index contributed by atoms with van der Waals surface area (Å²) < 4.78 is 24.0. The third-order valence-corrected chi connectivity index (χ3v) is 4.99. The molecule has 0 amide bonds. The van der Waals surface area contributed by atoms with E-state index in [0.29, 0.717) is 13.2 Å². The summed E-state index contributed by atoms with van der Waals surface area (Å²) in [6, 6.07) is 0. The van der Waals surface area contributed by atoms with Crippen molar-refractivity contribution >= 4 is 16.6 Å². The minimum absolute atomic E-state index is 0.0677.